The van der Waals surface area contributed by atoms with Gasteiger partial charge in [0.1, 0.15) is 0 Å². The van der Waals surface area contributed by atoms with Gasteiger partial charge in [0.2, 0.25) is 0 Å². The first kappa shape index (κ1) is 7.45. The van der Waals surface area contributed by atoms with Crippen LogP contribution in [0.15, 0.2) is 0 Å². The maximum absolute atomic E-state index is 5.09. The van der Waals surface area contributed by atoms with Gasteiger partial charge in [0.05, 0.1) is 0 Å². The Balaban J connectivity index is 3.83. The van der Waals surface area contributed by atoms with Gasteiger partial charge in [-0.05, 0) is 7.05 Å². The first-order valence-corrected chi connectivity index (χ1v) is 2.79. The van der Waals surface area contributed by atoms with E-state index < -0.39 is 0 Å². The lowest BCUT2D eigenvalue weighted by Crippen LogP contribution is -2.34. The van der Waals surface area contributed by atoms with Crippen LogP contribution in [0.4, 0.5) is 0 Å². The molecule has 0 aliphatic rings. The third-order valence-electron chi connectivity index (χ3n) is 1.51. The average Bonchev–Trinajstić information content (AvgIpc) is 1.87. The SMILES string of the molecule is C#[N+]C(C)(CC)NC. The molecule has 0 fully saturated rings. The summed E-state index contributed by atoms with van der Waals surface area (Å²) in [6.07, 6.45) is 0.917. The molecule has 0 spiro atoms. The van der Waals surface area contributed by atoms with Gasteiger partial charge in [-0.25, -0.2) is 5.32 Å². The zero-order chi connectivity index (χ0) is 6.62. The van der Waals surface area contributed by atoms with E-state index in [9.17, 15) is 0 Å². The summed E-state index contributed by atoms with van der Waals surface area (Å²) in [5.74, 6) is 0. The molecule has 8 heavy (non-hydrogen) atoms. The molecule has 1 N–H and O–H groups in total. The highest BCUT2D eigenvalue weighted by Crippen LogP contribution is 2.07. The zero-order valence-corrected chi connectivity index (χ0v) is 5.73. The normalized spacial score (nSPS) is 16.8. The van der Waals surface area contributed by atoms with Crippen LogP contribution in [0, 0.1) is 6.57 Å². The molecule has 0 radical (unpaired) electrons. The number of hydrogen-bond donors (Lipinski definition) is 1. The van der Waals surface area contributed by atoms with Crippen molar-refractivity contribution in [1.82, 2.24) is 5.32 Å². The summed E-state index contributed by atoms with van der Waals surface area (Å²) in [7, 11) is 1.85. The lowest BCUT2D eigenvalue weighted by molar-refractivity contribution is 0.460. The third-order valence-corrected chi connectivity index (χ3v) is 1.51. The van der Waals surface area contributed by atoms with Crippen molar-refractivity contribution in [3.05, 3.63) is 4.85 Å². The molecular weight excluding hydrogens is 100 g/mol. The van der Waals surface area contributed by atoms with E-state index in [-0.39, 0.29) is 5.66 Å². The molecule has 1 unspecified atom stereocenters. The largest absolute Gasteiger partial charge is 0.331 e. The van der Waals surface area contributed by atoms with Crippen LogP contribution in [0.5, 0.6) is 0 Å². The van der Waals surface area contributed by atoms with Gasteiger partial charge in [0, 0.05) is 13.3 Å². The van der Waals surface area contributed by atoms with E-state index in [1.807, 2.05) is 20.9 Å². The molecule has 46 valence electrons. The molecule has 0 saturated carbocycles. The highest BCUT2D eigenvalue weighted by molar-refractivity contribution is 4.91. The summed E-state index contributed by atoms with van der Waals surface area (Å²) in [5.41, 5.74) is -0.222. The van der Waals surface area contributed by atoms with Crippen LogP contribution in [0.3, 0.4) is 0 Å². The van der Waals surface area contributed by atoms with Crippen molar-refractivity contribution in [3.63, 3.8) is 0 Å². The van der Waals surface area contributed by atoms with Gasteiger partial charge in [0.15, 0.2) is 0 Å². The predicted molar refractivity (Wildman–Crippen MR) is 36.1 cm³/mol. The van der Waals surface area contributed by atoms with Crippen LogP contribution in [-0.4, -0.2) is 12.7 Å². The van der Waals surface area contributed by atoms with E-state index in [1.54, 1.807) is 0 Å². The minimum Gasteiger partial charge on any atom is -0.245 e. The van der Waals surface area contributed by atoms with Crippen LogP contribution in [-0.2, 0) is 0 Å². The summed E-state index contributed by atoms with van der Waals surface area (Å²) in [4.78, 5) is 3.65. The van der Waals surface area contributed by atoms with E-state index in [2.05, 4.69) is 10.2 Å². The van der Waals surface area contributed by atoms with Gasteiger partial charge in [-0.1, -0.05) is 11.8 Å². The van der Waals surface area contributed by atoms with Crippen molar-refractivity contribution in [2.75, 3.05) is 7.05 Å². The maximum atomic E-state index is 5.09. The molecule has 0 aliphatic heterocycles. The number of hydrogen-bond acceptors (Lipinski definition) is 1. The van der Waals surface area contributed by atoms with E-state index in [1.165, 1.54) is 0 Å². The van der Waals surface area contributed by atoms with Crippen LogP contribution >= 0.6 is 0 Å². The third kappa shape index (κ3) is 1.51. The maximum Gasteiger partial charge on any atom is 0.331 e. The molecular formula is C6H13N2+. The van der Waals surface area contributed by atoms with Gasteiger partial charge in [-0.15, -0.1) is 0 Å². The molecule has 0 aromatic heterocycles. The van der Waals surface area contributed by atoms with Crippen molar-refractivity contribution in [2.24, 2.45) is 0 Å². The lowest BCUT2D eigenvalue weighted by Gasteiger charge is -2.06. The van der Waals surface area contributed by atoms with Crippen LogP contribution in [0.25, 0.3) is 4.85 Å². The lowest BCUT2D eigenvalue weighted by atomic mass is 10.1. The molecule has 0 saturated heterocycles. The Kier molecular flexibility index (Phi) is 2.50. The van der Waals surface area contributed by atoms with E-state index in [0.717, 1.165) is 6.42 Å². The molecule has 0 rings (SSSR count). The van der Waals surface area contributed by atoms with Gasteiger partial charge in [-0.3, -0.25) is 0 Å². The summed E-state index contributed by atoms with van der Waals surface area (Å²) in [6, 6.07) is 0. The minimum absolute atomic E-state index is 0.222. The van der Waals surface area contributed by atoms with Crippen molar-refractivity contribution >= 4 is 0 Å². The molecule has 0 aromatic rings. The first-order chi connectivity index (χ1) is 3.68. The van der Waals surface area contributed by atoms with Gasteiger partial charge in [0.25, 0.3) is 6.57 Å². The van der Waals surface area contributed by atoms with E-state index in [4.69, 9.17) is 6.57 Å². The standard InChI is InChI=1S/C6H13N2/c1-5-6(2,7-3)8-4/h3,8H,5H2,1-2,4H3/q+1. The van der Waals surface area contributed by atoms with Crippen molar-refractivity contribution < 1.29 is 0 Å². The first-order valence-electron chi connectivity index (χ1n) is 2.79. The fraction of sp³-hybridized carbons (Fsp3) is 0.833. The summed E-state index contributed by atoms with van der Waals surface area (Å²) in [5, 5.41) is 2.99. The Bertz CT molecular complexity index is 97.6. The van der Waals surface area contributed by atoms with Crippen molar-refractivity contribution in [1.29, 1.82) is 0 Å². The van der Waals surface area contributed by atoms with Gasteiger partial charge >= 0.3 is 5.66 Å². The van der Waals surface area contributed by atoms with Gasteiger partial charge < -0.3 is 0 Å². The highest BCUT2D eigenvalue weighted by Gasteiger charge is 2.28. The molecule has 1 atom stereocenters. The molecule has 0 bridgehead atoms. The Labute approximate surface area is 50.7 Å². The van der Waals surface area contributed by atoms with Crippen LogP contribution in [0.1, 0.15) is 20.3 Å². The Hall–Kier alpha value is -0.550. The second kappa shape index (κ2) is 2.68. The molecule has 0 aliphatic carbocycles. The van der Waals surface area contributed by atoms with Crippen molar-refractivity contribution in [2.45, 2.75) is 25.9 Å². The van der Waals surface area contributed by atoms with Crippen molar-refractivity contribution in [3.8, 4) is 6.57 Å². The monoisotopic (exact) mass is 113 g/mol. The molecule has 0 heterocycles. The Morgan fingerprint density at radius 3 is 2.25 bits per heavy atom. The van der Waals surface area contributed by atoms with Crippen LogP contribution in [0.2, 0.25) is 0 Å². The Morgan fingerprint density at radius 2 is 2.25 bits per heavy atom. The highest BCUT2D eigenvalue weighted by atomic mass is 15.1. The second-order valence-corrected chi connectivity index (χ2v) is 2.01. The van der Waals surface area contributed by atoms with E-state index in [0.29, 0.717) is 0 Å². The number of nitrogens with zero attached hydrogens (tertiary/aromatic N) is 1. The predicted octanol–water partition coefficient (Wildman–Crippen LogP) is 1.29. The summed E-state index contributed by atoms with van der Waals surface area (Å²) in [6.45, 7) is 9.08. The average molecular weight is 113 g/mol. The van der Waals surface area contributed by atoms with Crippen LogP contribution < -0.4 is 5.32 Å². The fourth-order valence-corrected chi connectivity index (χ4v) is 0.333. The molecule has 0 aromatic carbocycles. The molecule has 0 amide bonds. The molecule has 2 heteroatoms. The molecule has 2 nitrogen and oxygen atoms in total. The van der Waals surface area contributed by atoms with E-state index >= 15 is 0 Å². The minimum atomic E-state index is -0.222. The summed E-state index contributed by atoms with van der Waals surface area (Å²) < 4.78 is 0. The Morgan fingerprint density at radius 1 is 1.75 bits per heavy atom. The quantitative estimate of drug-likeness (QED) is 0.571. The number of nitrogens with one attached hydrogen (secondary N) is 1. The topological polar surface area (TPSA) is 16.4 Å². The smallest absolute Gasteiger partial charge is 0.245 e. The zero-order valence-electron chi connectivity index (χ0n) is 5.73. The fourth-order valence-electron chi connectivity index (χ4n) is 0.333. The summed E-state index contributed by atoms with van der Waals surface area (Å²) >= 11 is 0. The van der Waals surface area contributed by atoms with Gasteiger partial charge in [-0.2, -0.15) is 0 Å². The number of rotatable bonds is 2. The second-order valence-electron chi connectivity index (χ2n) is 2.01.